The molecule has 1 fully saturated rings. The van der Waals surface area contributed by atoms with Gasteiger partial charge in [0.25, 0.3) is 0 Å². The smallest absolute Gasteiger partial charge is 0.202 e. The van der Waals surface area contributed by atoms with Gasteiger partial charge >= 0.3 is 0 Å². The monoisotopic (exact) mass is 297 g/mol. The molecule has 1 radical (unpaired) electrons. The van der Waals surface area contributed by atoms with Crippen molar-refractivity contribution in [3.8, 4) is 12.3 Å². The third kappa shape index (κ3) is 1.70. The second-order valence-corrected chi connectivity index (χ2v) is 6.44. The van der Waals surface area contributed by atoms with Crippen LogP contribution in [0.15, 0.2) is 39.8 Å². The maximum absolute atomic E-state index is 12.6. The van der Waals surface area contributed by atoms with E-state index in [1.807, 2.05) is 0 Å². The molecule has 0 amide bonds. The van der Waals surface area contributed by atoms with E-state index >= 15 is 0 Å². The summed E-state index contributed by atoms with van der Waals surface area (Å²) in [7, 11) is 0. The normalized spacial score (nSPS) is 24.6. The topological polar surface area (TPSA) is 71.3 Å². The Hall–Kier alpha value is -2.36. The van der Waals surface area contributed by atoms with Gasteiger partial charge in [-0.05, 0) is 45.9 Å². The van der Waals surface area contributed by atoms with E-state index in [2.05, 4.69) is 15.9 Å². The Morgan fingerprint density at radius 2 is 1.77 bits per heavy atom. The molecule has 6 heteroatoms. The first-order valence-electron chi connectivity index (χ1n) is 6.95. The van der Waals surface area contributed by atoms with Gasteiger partial charge < -0.3 is 0 Å². The van der Waals surface area contributed by atoms with Crippen LogP contribution >= 0.6 is 0 Å². The molecule has 0 bridgehead atoms. The Balaban J connectivity index is 2.21. The number of terminal acetylenes is 1. The first-order valence-corrected chi connectivity index (χ1v) is 6.95. The van der Waals surface area contributed by atoms with E-state index in [1.54, 1.807) is 45.9 Å². The SMILES string of the molecule is C#Cc1ccc2c(c1)=N/C(=C1\N([O])C(C)(C)C(C)(C)N1O)N=2. The van der Waals surface area contributed by atoms with Crippen molar-refractivity contribution >= 4 is 0 Å². The van der Waals surface area contributed by atoms with E-state index in [9.17, 15) is 10.4 Å². The van der Waals surface area contributed by atoms with Crippen LogP contribution in [0.4, 0.5) is 0 Å². The molecule has 113 valence electrons. The summed E-state index contributed by atoms with van der Waals surface area (Å²) in [5.41, 5.74) is -0.912. The van der Waals surface area contributed by atoms with Gasteiger partial charge in [-0.2, -0.15) is 5.06 Å². The second kappa shape index (κ2) is 4.32. The molecular formula is C16H17N4O2. The summed E-state index contributed by atoms with van der Waals surface area (Å²) in [5, 5.41) is 26.0. The van der Waals surface area contributed by atoms with Crippen molar-refractivity contribution in [3.63, 3.8) is 0 Å². The maximum atomic E-state index is 12.6. The quantitative estimate of drug-likeness (QED) is 0.725. The first kappa shape index (κ1) is 14.6. The Labute approximate surface area is 128 Å². The van der Waals surface area contributed by atoms with Gasteiger partial charge in [-0.25, -0.2) is 15.0 Å². The van der Waals surface area contributed by atoms with Gasteiger partial charge in [0.05, 0.1) is 21.8 Å². The van der Waals surface area contributed by atoms with E-state index in [0.717, 1.165) is 10.1 Å². The van der Waals surface area contributed by atoms with Crippen molar-refractivity contribution in [2.45, 2.75) is 38.8 Å². The lowest BCUT2D eigenvalue weighted by molar-refractivity contribution is -0.182. The van der Waals surface area contributed by atoms with Crippen LogP contribution in [0.3, 0.4) is 0 Å². The molecule has 0 atom stereocenters. The maximum Gasteiger partial charge on any atom is 0.202 e. The molecule has 0 aliphatic carbocycles. The fraction of sp³-hybridized carbons (Fsp3) is 0.375. The van der Waals surface area contributed by atoms with E-state index < -0.39 is 11.1 Å². The molecule has 1 saturated heterocycles. The first-order chi connectivity index (χ1) is 10.2. The van der Waals surface area contributed by atoms with Crippen LogP contribution in [0.5, 0.6) is 0 Å². The van der Waals surface area contributed by atoms with Crippen molar-refractivity contribution in [1.82, 2.24) is 10.1 Å². The van der Waals surface area contributed by atoms with Gasteiger partial charge in [0.1, 0.15) is 0 Å². The molecular weight excluding hydrogens is 280 g/mol. The number of fused-ring (bicyclic) bond motifs is 1. The summed E-state index contributed by atoms with van der Waals surface area (Å²) < 4.78 is 0. The minimum Gasteiger partial charge on any atom is -0.286 e. The summed E-state index contributed by atoms with van der Waals surface area (Å²) in [4.78, 5) is 8.69. The fourth-order valence-corrected chi connectivity index (χ4v) is 2.46. The van der Waals surface area contributed by atoms with Crippen molar-refractivity contribution in [2.24, 2.45) is 9.98 Å². The van der Waals surface area contributed by atoms with E-state index in [-0.39, 0.29) is 11.6 Å². The number of rotatable bonds is 0. The number of hydroxylamine groups is 4. The van der Waals surface area contributed by atoms with Crippen LogP contribution in [0, 0.1) is 12.3 Å². The number of hydrogen-bond acceptors (Lipinski definition) is 5. The third-order valence-electron chi connectivity index (χ3n) is 4.72. The molecule has 2 heterocycles. The lowest BCUT2D eigenvalue weighted by Crippen LogP contribution is -2.52. The molecule has 0 aromatic heterocycles. The van der Waals surface area contributed by atoms with E-state index in [4.69, 9.17) is 6.42 Å². The van der Waals surface area contributed by atoms with Gasteiger partial charge in [-0.1, -0.05) is 11.1 Å². The predicted octanol–water partition coefficient (Wildman–Crippen LogP) is 0.957. The Morgan fingerprint density at radius 3 is 2.32 bits per heavy atom. The van der Waals surface area contributed by atoms with Crippen LogP contribution in [0.2, 0.25) is 0 Å². The molecule has 0 saturated carbocycles. The van der Waals surface area contributed by atoms with Crippen LogP contribution in [-0.4, -0.2) is 26.4 Å². The highest BCUT2D eigenvalue weighted by atomic mass is 16.6. The van der Waals surface area contributed by atoms with Crippen molar-refractivity contribution < 1.29 is 10.4 Å². The van der Waals surface area contributed by atoms with Crippen molar-refractivity contribution in [1.29, 1.82) is 0 Å². The molecule has 1 aromatic rings. The second-order valence-electron chi connectivity index (χ2n) is 6.44. The Bertz CT molecular complexity index is 824. The fourth-order valence-electron chi connectivity index (χ4n) is 2.46. The highest BCUT2D eigenvalue weighted by Crippen LogP contribution is 2.44. The van der Waals surface area contributed by atoms with Crippen LogP contribution in [0.25, 0.3) is 0 Å². The van der Waals surface area contributed by atoms with E-state index in [0.29, 0.717) is 16.3 Å². The standard InChI is InChI=1S/C16H17N4O2/c1-6-10-7-8-11-12(9-10)18-13(17-11)14-19(21)15(2,3)16(4,5)20(14)22/h1,7-9,21H,2-5H3/b14-13-. The summed E-state index contributed by atoms with van der Waals surface area (Å²) in [6, 6.07) is 5.25. The molecule has 22 heavy (non-hydrogen) atoms. The zero-order chi connectivity index (χ0) is 16.3. The summed E-state index contributed by atoms with van der Waals surface area (Å²) in [6.07, 6.45) is 5.38. The largest absolute Gasteiger partial charge is 0.286 e. The molecule has 1 N–H and O–H groups in total. The number of nitrogens with zero attached hydrogens (tertiary/aromatic N) is 4. The molecule has 2 aliphatic rings. The molecule has 0 spiro atoms. The summed E-state index contributed by atoms with van der Waals surface area (Å²) in [6.45, 7) is 7.14. The predicted molar refractivity (Wildman–Crippen MR) is 78.0 cm³/mol. The van der Waals surface area contributed by atoms with Gasteiger partial charge in [-0.3, -0.25) is 5.21 Å². The number of benzene rings is 1. The molecule has 6 nitrogen and oxygen atoms in total. The van der Waals surface area contributed by atoms with Crippen molar-refractivity contribution in [2.75, 3.05) is 0 Å². The van der Waals surface area contributed by atoms with E-state index in [1.165, 1.54) is 0 Å². The molecule has 0 unspecified atom stereocenters. The van der Waals surface area contributed by atoms with Crippen LogP contribution in [0.1, 0.15) is 33.3 Å². The third-order valence-corrected chi connectivity index (χ3v) is 4.72. The molecule has 3 rings (SSSR count). The lowest BCUT2D eigenvalue weighted by atomic mass is 9.84. The zero-order valence-corrected chi connectivity index (χ0v) is 13.0. The van der Waals surface area contributed by atoms with Gasteiger partial charge in [0, 0.05) is 5.56 Å². The lowest BCUT2D eigenvalue weighted by Gasteiger charge is -2.36. The Kier molecular flexibility index (Phi) is 2.86. The van der Waals surface area contributed by atoms with Gasteiger partial charge in [0.15, 0.2) is 5.82 Å². The number of hydrogen-bond donors (Lipinski definition) is 1. The average molecular weight is 297 g/mol. The molecule has 2 aliphatic heterocycles. The average Bonchev–Trinajstić information content (AvgIpc) is 2.92. The minimum atomic E-state index is -0.826. The zero-order valence-electron chi connectivity index (χ0n) is 13.0. The summed E-state index contributed by atoms with van der Waals surface area (Å²) >= 11 is 0. The highest BCUT2D eigenvalue weighted by Gasteiger charge is 2.57. The minimum absolute atomic E-state index is 0.0495. The Morgan fingerprint density at radius 1 is 1.14 bits per heavy atom. The molecule has 1 aromatic carbocycles. The highest BCUT2D eigenvalue weighted by molar-refractivity contribution is 5.33. The van der Waals surface area contributed by atoms with Crippen LogP contribution in [-0.2, 0) is 5.21 Å². The van der Waals surface area contributed by atoms with Gasteiger partial charge in [0.2, 0.25) is 5.82 Å². The summed E-state index contributed by atoms with van der Waals surface area (Å²) in [5.74, 6) is 2.78. The van der Waals surface area contributed by atoms with Crippen LogP contribution < -0.4 is 10.7 Å². The van der Waals surface area contributed by atoms with Gasteiger partial charge in [-0.15, -0.1) is 6.42 Å². The van der Waals surface area contributed by atoms with Crippen molar-refractivity contribution in [3.05, 3.63) is 46.1 Å².